The second-order valence-corrected chi connectivity index (χ2v) is 11.1. The molecule has 6 rings (SSSR count). The Balaban J connectivity index is 1.28. The van der Waals surface area contributed by atoms with Crippen LogP contribution in [0.3, 0.4) is 0 Å². The lowest BCUT2D eigenvalue weighted by molar-refractivity contribution is -0.946. The number of fused-ring (bicyclic) bond motifs is 3. The Bertz CT molecular complexity index is 888. The van der Waals surface area contributed by atoms with Crippen LogP contribution >= 0.6 is 11.6 Å². The third-order valence-corrected chi connectivity index (χ3v) is 9.03. The van der Waals surface area contributed by atoms with E-state index in [1.807, 2.05) is 12.1 Å². The van der Waals surface area contributed by atoms with Gasteiger partial charge in [0.2, 0.25) is 0 Å². The van der Waals surface area contributed by atoms with Crippen molar-refractivity contribution in [1.29, 1.82) is 0 Å². The van der Waals surface area contributed by atoms with E-state index in [-0.39, 0.29) is 17.5 Å². The number of rotatable bonds is 6. The van der Waals surface area contributed by atoms with E-state index >= 15 is 0 Å². The summed E-state index contributed by atoms with van der Waals surface area (Å²) in [5.41, 5.74) is 2.23. The Morgan fingerprint density at radius 1 is 1.12 bits per heavy atom. The summed E-state index contributed by atoms with van der Waals surface area (Å²) in [6.07, 6.45) is 17.6. The molecule has 4 fully saturated rings. The molecule has 0 radical (unpaired) electrons. The molecule has 1 atom stereocenters. The predicted octanol–water partition coefficient (Wildman–Crippen LogP) is 6.26. The van der Waals surface area contributed by atoms with Crippen molar-refractivity contribution in [1.82, 2.24) is 0 Å². The standard InChI is InChI=1S/C28H37ClNO2/c29-25-11-7-8-22(20-25)12-17-30-18-13-23(14-19-30)26(21-30)32-27(31)28(24-9-3-4-10-24)15-5-1-2-6-16-28/h3-4,7-9,11,20,23,26H,1-2,5-6,10,12-19,21H2/q+1/t23?,26-,30?/m0/s1. The van der Waals surface area contributed by atoms with Crippen molar-refractivity contribution in [3.63, 3.8) is 0 Å². The number of carbonyl (C=O) groups excluding carboxylic acids is 1. The number of quaternary nitrogens is 1. The number of allylic oxidation sites excluding steroid dienone is 3. The lowest BCUT2D eigenvalue weighted by atomic mass is 9.73. The fraction of sp³-hybridized carbons (Fsp3) is 0.607. The van der Waals surface area contributed by atoms with E-state index in [0.717, 1.165) is 61.1 Å². The minimum atomic E-state index is -0.377. The summed E-state index contributed by atoms with van der Waals surface area (Å²) in [4.78, 5) is 13.8. The average molecular weight is 455 g/mol. The third-order valence-electron chi connectivity index (χ3n) is 8.80. The first-order chi connectivity index (χ1) is 15.6. The lowest BCUT2D eigenvalue weighted by Gasteiger charge is -2.52. The van der Waals surface area contributed by atoms with E-state index in [2.05, 4.69) is 30.4 Å². The molecule has 3 nitrogen and oxygen atoms in total. The molecule has 4 heteroatoms. The van der Waals surface area contributed by atoms with Gasteiger partial charge in [0.1, 0.15) is 6.54 Å². The quantitative estimate of drug-likeness (QED) is 0.288. The van der Waals surface area contributed by atoms with Crippen LogP contribution in [-0.2, 0) is 16.0 Å². The maximum absolute atomic E-state index is 13.8. The Kier molecular flexibility index (Phi) is 6.49. The van der Waals surface area contributed by atoms with Crippen LogP contribution in [0.4, 0.5) is 0 Å². The van der Waals surface area contributed by atoms with Gasteiger partial charge in [-0.1, -0.05) is 67.6 Å². The van der Waals surface area contributed by atoms with E-state index in [0.29, 0.717) is 5.92 Å². The minimum absolute atomic E-state index is 0.0828. The van der Waals surface area contributed by atoms with E-state index < -0.39 is 0 Å². The second-order valence-electron chi connectivity index (χ2n) is 10.7. The van der Waals surface area contributed by atoms with Crippen LogP contribution in [0.2, 0.25) is 5.02 Å². The van der Waals surface area contributed by atoms with Gasteiger partial charge in [0.05, 0.1) is 25.0 Å². The number of ether oxygens (including phenoxy) is 1. The molecule has 172 valence electrons. The Morgan fingerprint density at radius 2 is 1.91 bits per heavy atom. The number of halogens is 1. The topological polar surface area (TPSA) is 26.3 Å². The zero-order valence-corrected chi connectivity index (χ0v) is 20.0. The number of carbonyl (C=O) groups is 1. The molecule has 3 aliphatic heterocycles. The van der Waals surface area contributed by atoms with E-state index in [4.69, 9.17) is 16.3 Å². The molecule has 0 N–H and O–H groups in total. The van der Waals surface area contributed by atoms with Gasteiger partial charge < -0.3 is 9.22 Å². The molecule has 5 aliphatic rings. The summed E-state index contributed by atoms with van der Waals surface area (Å²) in [6.45, 7) is 4.55. The molecule has 2 aliphatic carbocycles. The second kappa shape index (κ2) is 9.35. The average Bonchev–Trinajstić information content (AvgIpc) is 3.24. The number of esters is 1. The fourth-order valence-electron chi connectivity index (χ4n) is 6.77. The highest BCUT2D eigenvalue weighted by Crippen LogP contribution is 2.46. The number of nitrogens with zero attached hydrogens (tertiary/aromatic N) is 1. The fourth-order valence-corrected chi connectivity index (χ4v) is 6.98. The van der Waals surface area contributed by atoms with Crippen molar-refractivity contribution in [2.75, 3.05) is 26.2 Å². The van der Waals surface area contributed by atoms with Crippen molar-refractivity contribution in [2.45, 2.75) is 70.3 Å². The maximum Gasteiger partial charge on any atom is 0.316 e. The SMILES string of the molecule is O=C(O[C@H]1C[N+]2(CCc3cccc(Cl)c3)CCC1CC2)C1(C2=CC=CC2)CCCCCC1. The van der Waals surface area contributed by atoms with Gasteiger partial charge in [-0.2, -0.15) is 0 Å². The van der Waals surface area contributed by atoms with Gasteiger partial charge in [0, 0.05) is 30.2 Å². The van der Waals surface area contributed by atoms with E-state index in [9.17, 15) is 4.79 Å². The monoisotopic (exact) mass is 454 g/mol. The molecule has 1 saturated carbocycles. The van der Waals surface area contributed by atoms with E-state index in [1.54, 1.807) is 0 Å². The lowest BCUT2D eigenvalue weighted by Crippen LogP contribution is -2.65. The molecular formula is C28H37ClNO2+. The van der Waals surface area contributed by atoms with Crippen molar-refractivity contribution < 1.29 is 14.0 Å². The van der Waals surface area contributed by atoms with Gasteiger partial charge in [0.25, 0.3) is 0 Å². The third kappa shape index (κ3) is 4.43. The Labute approximate surface area is 198 Å². The van der Waals surface area contributed by atoms with Gasteiger partial charge in [-0.3, -0.25) is 4.79 Å². The summed E-state index contributed by atoms with van der Waals surface area (Å²) in [5.74, 6) is 0.629. The van der Waals surface area contributed by atoms with Crippen LogP contribution in [0.5, 0.6) is 0 Å². The molecule has 3 saturated heterocycles. The predicted molar refractivity (Wildman–Crippen MR) is 129 cm³/mol. The molecule has 2 bridgehead atoms. The molecule has 0 spiro atoms. The first-order valence-corrected chi connectivity index (χ1v) is 13.1. The summed E-state index contributed by atoms with van der Waals surface area (Å²) in [7, 11) is 0. The van der Waals surface area contributed by atoms with Gasteiger partial charge >= 0.3 is 5.97 Å². The maximum atomic E-state index is 13.8. The molecule has 0 amide bonds. The van der Waals surface area contributed by atoms with Crippen LogP contribution in [0.1, 0.15) is 63.4 Å². The van der Waals surface area contributed by atoms with Crippen molar-refractivity contribution in [3.8, 4) is 0 Å². The van der Waals surface area contributed by atoms with Crippen LogP contribution in [0.15, 0.2) is 48.1 Å². The molecule has 32 heavy (non-hydrogen) atoms. The van der Waals surface area contributed by atoms with Crippen molar-refractivity contribution in [2.24, 2.45) is 11.3 Å². The van der Waals surface area contributed by atoms with Crippen LogP contribution < -0.4 is 0 Å². The van der Waals surface area contributed by atoms with Gasteiger partial charge in [-0.15, -0.1) is 0 Å². The van der Waals surface area contributed by atoms with Crippen LogP contribution in [0.25, 0.3) is 0 Å². The van der Waals surface area contributed by atoms with Crippen LogP contribution in [0, 0.1) is 11.3 Å². The molecule has 1 aromatic rings. The zero-order valence-electron chi connectivity index (χ0n) is 19.2. The molecule has 1 aromatic carbocycles. The molecule has 3 heterocycles. The molecular weight excluding hydrogens is 418 g/mol. The Hall–Kier alpha value is -1.58. The molecule has 0 unspecified atom stereocenters. The smallest absolute Gasteiger partial charge is 0.316 e. The number of hydrogen-bond donors (Lipinski definition) is 0. The summed E-state index contributed by atoms with van der Waals surface area (Å²) in [5, 5.41) is 0.816. The minimum Gasteiger partial charge on any atom is -0.455 e. The number of piperidine rings is 3. The molecule has 0 aromatic heterocycles. The zero-order chi connectivity index (χ0) is 22.0. The normalized spacial score (nSPS) is 31.2. The van der Waals surface area contributed by atoms with Gasteiger partial charge in [-0.05, 0) is 42.5 Å². The first kappa shape index (κ1) is 22.2. The summed E-state index contributed by atoms with van der Waals surface area (Å²) >= 11 is 6.20. The van der Waals surface area contributed by atoms with Crippen molar-refractivity contribution in [3.05, 3.63) is 58.7 Å². The first-order valence-electron chi connectivity index (χ1n) is 12.8. The number of hydrogen-bond acceptors (Lipinski definition) is 2. The van der Waals surface area contributed by atoms with Gasteiger partial charge in [0.15, 0.2) is 6.10 Å². The highest BCUT2D eigenvalue weighted by atomic mass is 35.5. The summed E-state index contributed by atoms with van der Waals surface area (Å²) < 4.78 is 7.58. The largest absolute Gasteiger partial charge is 0.455 e. The number of benzene rings is 1. The highest BCUT2D eigenvalue weighted by Gasteiger charge is 2.50. The van der Waals surface area contributed by atoms with E-state index in [1.165, 1.54) is 49.9 Å². The summed E-state index contributed by atoms with van der Waals surface area (Å²) in [6, 6.07) is 8.26. The van der Waals surface area contributed by atoms with Gasteiger partial charge in [-0.25, -0.2) is 0 Å². The van der Waals surface area contributed by atoms with Crippen molar-refractivity contribution >= 4 is 17.6 Å². The van der Waals surface area contributed by atoms with Crippen LogP contribution in [-0.4, -0.2) is 42.7 Å². The Morgan fingerprint density at radius 3 is 2.59 bits per heavy atom. The highest BCUT2D eigenvalue weighted by molar-refractivity contribution is 6.30.